The van der Waals surface area contributed by atoms with Crippen molar-refractivity contribution in [3.63, 3.8) is 0 Å². The fourth-order valence-corrected chi connectivity index (χ4v) is 3.72. The van der Waals surface area contributed by atoms with Crippen molar-refractivity contribution in [2.24, 2.45) is 0 Å². The van der Waals surface area contributed by atoms with Crippen molar-refractivity contribution in [2.75, 3.05) is 0 Å². The van der Waals surface area contributed by atoms with Gasteiger partial charge in [-0.25, -0.2) is 0 Å². The van der Waals surface area contributed by atoms with E-state index in [9.17, 15) is 9.90 Å². The summed E-state index contributed by atoms with van der Waals surface area (Å²) in [5, 5.41) is 9.72. The van der Waals surface area contributed by atoms with E-state index in [0.29, 0.717) is 15.8 Å². The highest BCUT2D eigenvalue weighted by Gasteiger charge is 2.31. The van der Waals surface area contributed by atoms with Gasteiger partial charge in [-0.15, -0.1) is 0 Å². The summed E-state index contributed by atoms with van der Waals surface area (Å²) in [6, 6.07) is 12.8. The van der Waals surface area contributed by atoms with Crippen molar-refractivity contribution in [3.8, 4) is 5.75 Å². The fraction of sp³-hybridized carbons (Fsp3) is 0.111. The third kappa shape index (κ3) is 3.64. The molecule has 2 aromatic carbocycles. The van der Waals surface area contributed by atoms with E-state index in [4.69, 9.17) is 23.8 Å². The van der Waals surface area contributed by atoms with E-state index >= 15 is 0 Å². The van der Waals surface area contributed by atoms with E-state index in [2.05, 4.69) is 0 Å². The number of phenols is 1. The molecule has 3 rings (SSSR count). The number of phenolic OH excluding ortho intramolecular Hbond substituents is 1. The highest BCUT2D eigenvalue weighted by Crippen LogP contribution is 2.34. The maximum Gasteiger partial charge on any atom is 0.266 e. The number of hydrogen-bond acceptors (Lipinski definition) is 4. The number of aryl methyl sites for hydroxylation is 1. The first-order valence-electron chi connectivity index (χ1n) is 7.23. The Bertz CT molecular complexity index is 847. The van der Waals surface area contributed by atoms with Gasteiger partial charge in [0.25, 0.3) is 5.91 Å². The van der Waals surface area contributed by atoms with Gasteiger partial charge in [0, 0.05) is 0 Å². The molecule has 1 amide bonds. The van der Waals surface area contributed by atoms with Crippen LogP contribution in [0.3, 0.4) is 0 Å². The van der Waals surface area contributed by atoms with Crippen LogP contribution in [0.1, 0.15) is 16.7 Å². The first-order valence-corrected chi connectivity index (χ1v) is 8.84. The van der Waals surface area contributed by atoms with Crippen molar-refractivity contribution in [2.45, 2.75) is 13.5 Å². The largest absolute Gasteiger partial charge is 0.506 e. The van der Waals surface area contributed by atoms with Gasteiger partial charge >= 0.3 is 0 Å². The summed E-state index contributed by atoms with van der Waals surface area (Å²) in [5.74, 6) is -0.101. The third-order valence-electron chi connectivity index (χ3n) is 3.60. The Morgan fingerprint density at radius 2 is 1.96 bits per heavy atom. The normalized spacial score (nSPS) is 16.2. The second kappa shape index (κ2) is 6.97. The van der Waals surface area contributed by atoms with Gasteiger partial charge in [-0.3, -0.25) is 9.69 Å². The highest BCUT2D eigenvalue weighted by atomic mass is 35.5. The Balaban J connectivity index is 1.81. The number of rotatable bonds is 3. The molecule has 1 aliphatic heterocycles. The molecule has 6 heteroatoms. The maximum absolute atomic E-state index is 12.6. The van der Waals surface area contributed by atoms with Crippen molar-refractivity contribution < 1.29 is 9.90 Å². The third-order valence-corrected chi connectivity index (χ3v) is 5.28. The van der Waals surface area contributed by atoms with Gasteiger partial charge in [-0.2, -0.15) is 0 Å². The average Bonchev–Trinajstić information content (AvgIpc) is 2.80. The van der Waals surface area contributed by atoms with Crippen LogP contribution in [-0.2, 0) is 11.3 Å². The number of amides is 1. The van der Waals surface area contributed by atoms with Crippen molar-refractivity contribution in [1.82, 2.24) is 4.90 Å². The second-order valence-corrected chi connectivity index (χ2v) is 7.55. The Morgan fingerprint density at radius 1 is 1.25 bits per heavy atom. The van der Waals surface area contributed by atoms with Gasteiger partial charge in [0.05, 0.1) is 16.5 Å². The van der Waals surface area contributed by atoms with Crippen LogP contribution in [0.25, 0.3) is 6.08 Å². The number of thioether (sulfide) groups is 1. The van der Waals surface area contributed by atoms with Gasteiger partial charge in [-0.05, 0) is 36.3 Å². The van der Waals surface area contributed by atoms with E-state index in [1.807, 2.05) is 31.2 Å². The number of thiocarbonyl (C=S) groups is 1. The van der Waals surface area contributed by atoms with Crippen molar-refractivity contribution in [1.29, 1.82) is 0 Å². The van der Waals surface area contributed by atoms with Gasteiger partial charge in [0.1, 0.15) is 10.1 Å². The summed E-state index contributed by atoms with van der Waals surface area (Å²) in [4.78, 5) is 14.8. The molecule has 0 atom stereocenters. The van der Waals surface area contributed by atoms with Gasteiger partial charge < -0.3 is 5.11 Å². The standard InChI is InChI=1S/C18H14ClNO2S2/c1-11-2-4-12(5-3-11)10-20-17(22)16(24-18(20)23)9-13-6-7-15(21)14(19)8-13/h2-9,21H,10H2,1H3. The van der Waals surface area contributed by atoms with Crippen LogP contribution in [0.5, 0.6) is 5.75 Å². The lowest BCUT2D eigenvalue weighted by Crippen LogP contribution is -2.27. The quantitative estimate of drug-likeness (QED) is 0.620. The second-order valence-electron chi connectivity index (χ2n) is 5.46. The molecule has 1 saturated heterocycles. The molecule has 0 bridgehead atoms. The topological polar surface area (TPSA) is 40.5 Å². The monoisotopic (exact) mass is 375 g/mol. The van der Waals surface area contributed by atoms with Crippen LogP contribution < -0.4 is 0 Å². The summed E-state index contributed by atoms with van der Waals surface area (Å²) in [7, 11) is 0. The molecule has 1 heterocycles. The Labute approximate surface area is 154 Å². The fourth-order valence-electron chi connectivity index (χ4n) is 2.28. The Kier molecular flexibility index (Phi) is 4.94. The molecule has 1 N–H and O–H groups in total. The minimum absolute atomic E-state index is 0.0146. The summed E-state index contributed by atoms with van der Waals surface area (Å²) in [5.41, 5.74) is 2.95. The van der Waals surface area contributed by atoms with E-state index in [0.717, 1.165) is 11.1 Å². The molecule has 1 fully saturated rings. The minimum Gasteiger partial charge on any atom is -0.506 e. The molecule has 1 aliphatic rings. The average molecular weight is 376 g/mol. The maximum atomic E-state index is 12.6. The molecular weight excluding hydrogens is 362 g/mol. The molecular formula is C18H14ClNO2S2. The lowest BCUT2D eigenvalue weighted by atomic mass is 10.1. The minimum atomic E-state index is -0.116. The Hall–Kier alpha value is -1.82. The molecule has 122 valence electrons. The summed E-state index contributed by atoms with van der Waals surface area (Å²) in [6.45, 7) is 2.48. The number of carbonyl (C=O) groups is 1. The predicted molar refractivity (Wildman–Crippen MR) is 103 cm³/mol. The zero-order valence-electron chi connectivity index (χ0n) is 12.8. The van der Waals surface area contributed by atoms with Crippen LogP contribution in [0, 0.1) is 6.92 Å². The molecule has 0 saturated carbocycles. The van der Waals surface area contributed by atoms with Crippen molar-refractivity contribution in [3.05, 3.63) is 69.1 Å². The van der Waals surface area contributed by atoms with Gasteiger partial charge in [-0.1, -0.05) is 71.5 Å². The molecule has 3 nitrogen and oxygen atoms in total. The summed E-state index contributed by atoms with van der Waals surface area (Å²) >= 11 is 12.5. The van der Waals surface area contributed by atoms with E-state index in [-0.39, 0.29) is 16.7 Å². The zero-order valence-corrected chi connectivity index (χ0v) is 15.2. The lowest BCUT2D eigenvalue weighted by Gasteiger charge is -2.14. The molecule has 0 spiro atoms. The smallest absolute Gasteiger partial charge is 0.266 e. The van der Waals surface area contributed by atoms with E-state index in [1.54, 1.807) is 23.1 Å². The van der Waals surface area contributed by atoms with Gasteiger partial charge in [0.15, 0.2) is 0 Å². The number of nitrogens with zero attached hydrogens (tertiary/aromatic N) is 1. The van der Waals surface area contributed by atoms with Crippen molar-refractivity contribution >= 4 is 51.9 Å². The Morgan fingerprint density at radius 3 is 2.62 bits per heavy atom. The lowest BCUT2D eigenvalue weighted by molar-refractivity contribution is -0.122. The van der Waals surface area contributed by atoms with E-state index < -0.39 is 0 Å². The van der Waals surface area contributed by atoms with Crippen LogP contribution >= 0.6 is 35.6 Å². The zero-order chi connectivity index (χ0) is 17.3. The molecule has 0 radical (unpaired) electrons. The van der Waals surface area contributed by atoms with Crippen LogP contribution in [0.4, 0.5) is 0 Å². The highest BCUT2D eigenvalue weighted by molar-refractivity contribution is 8.26. The number of carbonyl (C=O) groups excluding carboxylic acids is 1. The number of hydrogen-bond donors (Lipinski definition) is 1. The molecule has 0 unspecified atom stereocenters. The number of aromatic hydroxyl groups is 1. The number of benzene rings is 2. The van der Waals surface area contributed by atoms with Gasteiger partial charge in [0.2, 0.25) is 0 Å². The molecule has 0 aliphatic carbocycles. The number of halogens is 1. The van der Waals surface area contributed by atoms with E-state index in [1.165, 1.54) is 23.4 Å². The van der Waals surface area contributed by atoms with Crippen LogP contribution in [0.15, 0.2) is 47.4 Å². The SMILES string of the molecule is Cc1ccc(CN2C(=O)C(=Cc3ccc(O)c(Cl)c3)SC2=S)cc1. The molecule has 24 heavy (non-hydrogen) atoms. The molecule has 0 aromatic heterocycles. The summed E-state index contributed by atoms with van der Waals surface area (Å²) in [6.07, 6.45) is 1.74. The first kappa shape index (κ1) is 17.0. The first-order chi connectivity index (χ1) is 11.4. The molecule has 2 aromatic rings. The van der Waals surface area contributed by atoms with Crippen LogP contribution in [0.2, 0.25) is 5.02 Å². The van der Waals surface area contributed by atoms with Crippen LogP contribution in [-0.4, -0.2) is 20.2 Å². The summed E-state index contributed by atoms with van der Waals surface area (Å²) < 4.78 is 0.539. The predicted octanol–water partition coefficient (Wildman–Crippen LogP) is 4.76.